The number of para-hydroxylation sites is 1. The van der Waals surface area contributed by atoms with Crippen LogP contribution in [0, 0.1) is 6.92 Å². The standard InChI is InChI=1S/C20H17ClN4O3/c1-12-15(21)7-5-9-16(12)24-18(26)13-10-22-20(23-11-13)25-17-8-4-3-6-14(17)19(27)28-2/h3-11H,1-2H3,(H,24,26)(H,22,23,25). The van der Waals surface area contributed by atoms with Gasteiger partial charge >= 0.3 is 5.97 Å². The van der Waals surface area contributed by atoms with Crippen LogP contribution in [0.2, 0.25) is 5.02 Å². The van der Waals surface area contributed by atoms with Gasteiger partial charge in [0.2, 0.25) is 5.95 Å². The number of hydrogen-bond acceptors (Lipinski definition) is 6. The lowest BCUT2D eigenvalue weighted by atomic mass is 10.2. The van der Waals surface area contributed by atoms with Gasteiger partial charge in [0.25, 0.3) is 5.91 Å². The van der Waals surface area contributed by atoms with Crippen LogP contribution in [0.25, 0.3) is 0 Å². The molecular weight excluding hydrogens is 380 g/mol. The molecule has 1 aromatic heterocycles. The minimum absolute atomic E-state index is 0.242. The summed E-state index contributed by atoms with van der Waals surface area (Å²) in [5, 5.41) is 6.30. The maximum absolute atomic E-state index is 12.4. The van der Waals surface area contributed by atoms with Gasteiger partial charge in [0.15, 0.2) is 0 Å². The van der Waals surface area contributed by atoms with Gasteiger partial charge in [-0.15, -0.1) is 0 Å². The van der Waals surface area contributed by atoms with Crippen LogP contribution in [0.5, 0.6) is 0 Å². The van der Waals surface area contributed by atoms with E-state index in [9.17, 15) is 9.59 Å². The molecular formula is C20H17ClN4O3. The lowest BCUT2D eigenvalue weighted by Gasteiger charge is -2.11. The van der Waals surface area contributed by atoms with Gasteiger partial charge in [-0.3, -0.25) is 4.79 Å². The number of rotatable bonds is 5. The maximum atomic E-state index is 12.4. The smallest absolute Gasteiger partial charge is 0.339 e. The van der Waals surface area contributed by atoms with Crippen LogP contribution >= 0.6 is 11.6 Å². The van der Waals surface area contributed by atoms with Crippen LogP contribution in [0.1, 0.15) is 26.3 Å². The first kappa shape index (κ1) is 19.3. The minimum Gasteiger partial charge on any atom is -0.465 e. The summed E-state index contributed by atoms with van der Waals surface area (Å²) in [6.07, 6.45) is 2.79. The van der Waals surface area contributed by atoms with Crippen molar-refractivity contribution in [3.05, 3.63) is 76.6 Å². The number of benzene rings is 2. The van der Waals surface area contributed by atoms with Crippen molar-refractivity contribution in [1.29, 1.82) is 0 Å². The van der Waals surface area contributed by atoms with E-state index in [2.05, 4.69) is 20.6 Å². The van der Waals surface area contributed by atoms with Crippen LogP contribution in [0.3, 0.4) is 0 Å². The van der Waals surface area contributed by atoms with Crippen LogP contribution in [0.4, 0.5) is 17.3 Å². The van der Waals surface area contributed by atoms with Gasteiger partial charge in [0, 0.05) is 23.1 Å². The van der Waals surface area contributed by atoms with Crippen molar-refractivity contribution in [3.8, 4) is 0 Å². The number of nitrogens with one attached hydrogen (secondary N) is 2. The number of amides is 1. The topological polar surface area (TPSA) is 93.2 Å². The van der Waals surface area contributed by atoms with E-state index in [0.29, 0.717) is 22.0 Å². The van der Waals surface area contributed by atoms with Gasteiger partial charge in [0.1, 0.15) is 0 Å². The molecule has 0 radical (unpaired) electrons. The number of anilines is 3. The predicted molar refractivity (Wildman–Crippen MR) is 107 cm³/mol. The Balaban J connectivity index is 1.74. The number of methoxy groups -OCH3 is 1. The van der Waals surface area contributed by atoms with Crippen molar-refractivity contribution in [2.24, 2.45) is 0 Å². The molecule has 8 heteroatoms. The summed E-state index contributed by atoms with van der Waals surface area (Å²) >= 11 is 6.07. The van der Waals surface area contributed by atoms with Gasteiger partial charge in [-0.25, -0.2) is 14.8 Å². The molecule has 3 rings (SSSR count). The lowest BCUT2D eigenvalue weighted by Crippen LogP contribution is -2.14. The molecule has 2 aromatic carbocycles. The van der Waals surface area contributed by atoms with Gasteiger partial charge < -0.3 is 15.4 Å². The van der Waals surface area contributed by atoms with Crippen molar-refractivity contribution in [2.75, 3.05) is 17.7 Å². The summed E-state index contributed by atoms with van der Waals surface area (Å²) < 4.78 is 4.76. The van der Waals surface area contributed by atoms with E-state index in [1.807, 2.05) is 6.92 Å². The third kappa shape index (κ3) is 4.27. The fraction of sp³-hybridized carbons (Fsp3) is 0.100. The minimum atomic E-state index is -0.476. The molecule has 1 heterocycles. The highest BCUT2D eigenvalue weighted by atomic mass is 35.5. The van der Waals surface area contributed by atoms with Crippen molar-refractivity contribution >= 4 is 40.8 Å². The highest BCUT2D eigenvalue weighted by Gasteiger charge is 2.13. The monoisotopic (exact) mass is 396 g/mol. The van der Waals surface area contributed by atoms with Crippen molar-refractivity contribution < 1.29 is 14.3 Å². The number of nitrogens with zero attached hydrogens (tertiary/aromatic N) is 2. The highest BCUT2D eigenvalue weighted by molar-refractivity contribution is 6.31. The number of carbonyl (C=O) groups excluding carboxylic acids is 2. The van der Waals surface area contributed by atoms with Gasteiger partial charge in [-0.1, -0.05) is 29.8 Å². The Bertz CT molecular complexity index is 1020. The van der Waals surface area contributed by atoms with E-state index < -0.39 is 5.97 Å². The lowest BCUT2D eigenvalue weighted by molar-refractivity contribution is 0.0601. The summed E-state index contributed by atoms with van der Waals surface area (Å²) in [5.74, 6) is -0.588. The second-order valence-electron chi connectivity index (χ2n) is 5.82. The predicted octanol–water partition coefficient (Wildman–Crippen LogP) is 4.22. The Morgan fingerprint density at radius 3 is 2.39 bits per heavy atom. The second kappa shape index (κ2) is 8.49. The van der Waals surface area contributed by atoms with E-state index in [-0.39, 0.29) is 17.4 Å². The van der Waals surface area contributed by atoms with Crippen LogP contribution < -0.4 is 10.6 Å². The Morgan fingerprint density at radius 1 is 1.00 bits per heavy atom. The molecule has 142 valence electrons. The Morgan fingerprint density at radius 2 is 1.68 bits per heavy atom. The van der Waals surface area contributed by atoms with E-state index in [1.54, 1.807) is 42.5 Å². The summed E-state index contributed by atoms with van der Waals surface area (Å²) in [6.45, 7) is 1.82. The average Bonchev–Trinajstić information content (AvgIpc) is 2.71. The fourth-order valence-corrected chi connectivity index (χ4v) is 2.62. The first-order valence-corrected chi connectivity index (χ1v) is 8.70. The first-order chi connectivity index (χ1) is 13.5. The number of halogens is 1. The van der Waals surface area contributed by atoms with E-state index >= 15 is 0 Å². The maximum Gasteiger partial charge on any atom is 0.339 e. The molecule has 28 heavy (non-hydrogen) atoms. The molecule has 1 amide bonds. The molecule has 0 bridgehead atoms. The van der Waals surface area contributed by atoms with Gasteiger partial charge in [0.05, 0.1) is 23.9 Å². The van der Waals surface area contributed by atoms with Crippen molar-refractivity contribution in [2.45, 2.75) is 6.92 Å². The molecule has 0 saturated carbocycles. The van der Waals surface area contributed by atoms with Crippen molar-refractivity contribution in [1.82, 2.24) is 9.97 Å². The molecule has 0 aliphatic heterocycles. The Kier molecular flexibility index (Phi) is 5.86. The number of ether oxygens (including phenoxy) is 1. The van der Waals surface area contributed by atoms with Gasteiger partial charge in [-0.2, -0.15) is 0 Å². The molecule has 0 atom stereocenters. The largest absolute Gasteiger partial charge is 0.465 e. The molecule has 0 spiro atoms. The SMILES string of the molecule is COC(=O)c1ccccc1Nc1ncc(C(=O)Nc2cccc(Cl)c2C)cn1. The van der Waals surface area contributed by atoms with Crippen LogP contribution in [-0.4, -0.2) is 29.0 Å². The zero-order valence-corrected chi connectivity index (χ0v) is 15.9. The summed E-state index contributed by atoms with van der Waals surface area (Å²) in [4.78, 5) is 32.5. The molecule has 0 aliphatic carbocycles. The molecule has 0 unspecified atom stereocenters. The summed E-state index contributed by atoms with van der Waals surface area (Å²) in [7, 11) is 1.31. The van der Waals surface area contributed by atoms with Gasteiger partial charge in [-0.05, 0) is 36.8 Å². The zero-order valence-electron chi connectivity index (χ0n) is 15.2. The summed E-state index contributed by atoms with van der Waals surface area (Å²) in [5.41, 5.74) is 2.53. The number of esters is 1. The third-order valence-electron chi connectivity index (χ3n) is 4.01. The molecule has 7 nitrogen and oxygen atoms in total. The number of carbonyl (C=O) groups is 2. The summed E-state index contributed by atoms with van der Waals surface area (Å²) in [6, 6.07) is 12.1. The highest BCUT2D eigenvalue weighted by Crippen LogP contribution is 2.23. The molecule has 2 N–H and O–H groups in total. The van der Waals surface area contributed by atoms with E-state index in [1.165, 1.54) is 19.5 Å². The van der Waals surface area contributed by atoms with Crippen LogP contribution in [0.15, 0.2) is 54.9 Å². The van der Waals surface area contributed by atoms with E-state index in [0.717, 1.165) is 5.56 Å². The number of hydrogen-bond donors (Lipinski definition) is 2. The third-order valence-corrected chi connectivity index (χ3v) is 4.42. The first-order valence-electron chi connectivity index (χ1n) is 8.32. The zero-order chi connectivity index (χ0) is 20.1. The normalized spacial score (nSPS) is 10.2. The van der Waals surface area contributed by atoms with E-state index in [4.69, 9.17) is 16.3 Å². The number of aromatic nitrogens is 2. The molecule has 0 fully saturated rings. The fourth-order valence-electron chi connectivity index (χ4n) is 2.45. The van der Waals surface area contributed by atoms with Crippen molar-refractivity contribution in [3.63, 3.8) is 0 Å². The molecule has 0 aliphatic rings. The van der Waals surface area contributed by atoms with Crippen LogP contribution in [-0.2, 0) is 4.74 Å². The molecule has 0 saturated heterocycles. The average molecular weight is 397 g/mol. The quantitative estimate of drug-likeness (QED) is 0.627. The Hall–Kier alpha value is -3.45. The second-order valence-corrected chi connectivity index (χ2v) is 6.23. The Labute approximate surface area is 166 Å². The molecule has 3 aromatic rings.